The van der Waals surface area contributed by atoms with Crippen molar-refractivity contribution >= 4 is 0 Å². The van der Waals surface area contributed by atoms with Crippen molar-refractivity contribution in [3.63, 3.8) is 0 Å². The highest BCUT2D eigenvalue weighted by Crippen LogP contribution is 2.66. The van der Waals surface area contributed by atoms with E-state index in [1.54, 1.807) is 11.1 Å². The van der Waals surface area contributed by atoms with Crippen LogP contribution in [0.15, 0.2) is 23.3 Å². The number of fused-ring (bicyclic) bond motifs is 5. The first-order valence-electron chi connectivity index (χ1n) is 12.8. The lowest BCUT2D eigenvalue weighted by atomic mass is 9.50. The van der Waals surface area contributed by atoms with Crippen molar-refractivity contribution < 1.29 is 5.11 Å². The molecule has 0 bridgehead atoms. The first-order chi connectivity index (χ1) is 13.7. The highest BCUT2D eigenvalue weighted by Gasteiger charge is 2.56. The molecule has 4 rings (SSSR count). The quantitative estimate of drug-likeness (QED) is 0.506. The topological polar surface area (TPSA) is 20.2 Å². The van der Waals surface area contributed by atoms with E-state index in [9.17, 15) is 5.11 Å². The number of hydrogen-bond donors (Lipinski definition) is 1. The van der Waals surface area contributed by atoms with Gasteiger partial charge in [-0.3, -0.25) is 0 Å². The molecule has 0 aromatic heterocycles. The lowest BCUT2D eigenvalue weighted by Gasteiger charge is -2.55. The first-order valence-corrected chi connectivity index (χ1v) is 12.8. The van der Waals surface area contributed by atoms with Crippen LogP contribution in [0, 0.1) is 46.3 Å². The van der Waals surface area contributed by atoms with E-state index in [1.807, 2.05) is 0 Å². The van der Waals surface area contributed by atoms with E-state index in [4.69, 9.17) is 0 Å². The van der Waals surface area contributed by atoms with Gasteiger partial charge in [0.05, 0.1) is 6.10 Å². The van der Waals surface area contributed by atoms with Gasteiger partial charge in [0.15, 0.2) is 0 Å². The van der Waals surface area contributed by atoms with E-state index >= 15 is 0 Å². The lowest BCUT2D eigenvalue weighted by Crippen LogP contribution is -2.46. The Labute approximate surface area is 180 Å². The predicted molar refractivity (Wildman–Crippen MR) is 124 cm³/mol. The molecule has 0 aromatic rings. The van der Waals surface area contributed by atoms with Gasteiger partial charge in [0.1, 0.15) is 0 Å². The smallest absolute Gasteiger partial charge is 0.0578 e. The van der Waals surface area contributed by atoms with Crippen molar-refractivity contribution in [1.29, 1.82) is 0 Å². The normalized spacial score (nSPS) is 43.7. The molecule has 8 atom stereocenters. The van der Waals surface area contributed by atoms with E-state index in [0.29, 0.717) is 10.8 Å². The van der Waals surface area contributed by atoms with Crippen molar-refractivity contribution in [3.05, 3.63) is 23.3 Å². The fraction of sp³-hybridized carbons (Fsp3) is 0.857. The summed E-state index contributed by atoms with van der Waals surface area (Å²) in [4.78, 5) is 0. The summed E-state index contributed by atoms with van der Waals surface area (Å²) >= 11 is 0. The van der Waals surface area contributed by atoms with Crippen LogP contribution in [0.3, 0.4) is 0 Å². The Bertz CT molecular complexity index is 672. The molecular weight excluding hydrogens is 352 g/mol. The SMILES string of the molecule is CC(C)[C@@H](C)CC[C@@H](C)[C@H]1CC[C@H]2C3=CC=C4C[C@H](O)CC[C@]4(C)[C@H]3CC[C@]12C. The molecule has 1 N–H and O–H groups in total. The lowest BCUT2D eigenvalue weighted by molar-refractivity contribution is 0.0317. The molecule has 0 amide bonds. The minimum Gasteiger partial charge on any atom is -0.393 e. The minimum atomic E-state index is -0.108. The van der Waals surface area contributed by atoms with Gasteiger partial charge in [-0.1, -0.05) is 77.7 Å². The molecule has 3 fully saturated rings. The molecule has 29 heavy (non-hydrogen) atoms. The van der Waals surface area contributed by atoms with Gasteiger partial charge < -0.3 is 5.11 Å². The molecule has 1 nitrogen and oxygen atoms in total. The van der Waals surface area contributed by atoms with Crippen molar-refractivity contribution in [2.75, 3.05) is 0 Å². The second-order valence-electron chi connectivity index (χ2n) is 12.3. The standard InChI is InChI=1S/C28H46O/c1-18(2)19(3)7-8-20(4)24-11-12-25-23-10-9-21-17-22(29)13-15-27(21,5)26(23)14-16-28(24,25)6/h9-10,18-20,22,24-26,29H,7-8,11-17H2,1-6H3/t19-,20+,22+,24+,25-,26-,27-,28+/m0/s1. The van der Waals surface area contributed by atoms with Crippen LogP contribution < -0.4 is 0 Å². The molecule has 3 saturated carbocycles. The molecule has 4 aliphatic carbocycles. The number of aliphatic hydroxyl groups is 1. The largest absolute Gasteiger partial charge is 0.393 e. The molecule has 4 aliphatic rings. The Morgan fingerprint density at radius 3 is 2.41 bits per heavy atom. The zero-order valence-electron chi connectivity index (χ0n) is 20.0. The summed E-state index contributed by atoms with van der Waals surface area (Å²) in [5.74, 6) is 4.97. The van der Waals surface area contributed by atoms with E-state index < -0.39 is 0 Å². The summed E-state index contributed by atoms with van der Waals surface area (Å²) in [6.45, 7) is 14.9. The van der Waals surface area contributed by atoms with E-state index in [-0.39, 0.29) is 6.10 Å². The van der Waals surface area contributed by atoms with Crippen LogP contribution in [0.25, 0.3) is 0 Å². The second-order valence-corrected chi connectivity index (χ2v) is 12.3. The van der Waals surface area contributed by atoms with Crippen LogP contribution in [0.2, 0.25) is 0 Å². The summed E-state index contributed by atoms with van der Waals surface area (Å²) in [6.07, 6.45) is 16.4. The van der Waals surface area contributed by atoms with Crippen molar-refractivity contribution in [3.8, 4) is 0 Å². The van der Waals surface area contributed by atoms with Crippen molar-refractivity contribution in [2.24, 2.45) is 46.3 Å². The zero-order valence-corrected chi connectivity index (χ0v) is 20.0. The van der Waals surface area contributed by atoms with Gasteiger partial charge in [-0.05, 0) is 91.3 Å². The van der Waals surface area contributed by atoms with Gasteiger partial charge in [0.25, 0.3) is 0 Å². The van der Waals surface area contributed by atoms with Crippen molar-refractivity contribution in [2.45, 2.75) is 105 Å². The van der Waals surface area contributed by atoms with Crippen LogP contribution in [0.4, 0.5) is 0 Å². The number of allylic oxidation sites excluding steroid dienone is 3. The van der Waals surface area contributed by atoms with Crippen LogP contribution >= 0.6 is 0 Å². The zero-order chi connectivity index (χ0) is 21.0. The van der Waals surface area contributed by atoms with Gasteiger partial charge in [-0.15, -0.1) is 0 Å². The van der Waals surface area contributed by atoms with E-state index in [1.165, 1.54) is 44.9 Å². The summed E-state index contributed by atoms with van der Waals surface area (Å²) < 4.78 is 0. The summed E-state index contributed by atoms with van der Waals surface area (Å²) in [5.41, 5.74) is 4.17. The Balaban J connectivity index is 1.52. The maximum atomic E-state index is 10.2. The molecule has 0 spiro atoms. The molecule has 0 aliphatic heterocycles. The molecule has 0 unspecified atom stereocenters. The Morgan fingerprint density at radius 1 is 0.931 bits per heavy atom. The molecule has 0 heterocycles. The summed E-state index contributed by atoms with van der Waals surface area (Å²) in [6, 6.07) is 0. The Morgan fingerprint density at radius 2 is 1.69 bits per heavy atom. The third-order valence-corrected chi connectivity index (χ3v) is 10.5. The molecular formula is C28H46O. The third-order valence-electron chi connectivity index (χ3n) is 10.5. The highest BCUT2D eigenvalue weighted by atomic mass is 16.3. The van der Waals surface area contributed by atoms with Crippen LogP contribution in [0.5, 0.6) is 0 Å². The molecule has 1 heteroatoms. The van der Waals surface area contributed by atoms with Gasteiger partial charge in [0, 0.05) is 0 Å². The van der Waals surface area contributed by atoms with E-state index in [0.717, 1.165) is 48.3 Å². The molecule has 0 radical (unpaired) electrons. The fourth-order valence-electron chi connectivity index (χ4n) is 8.02. The molecule has 0 aromatic carbocycles. The molecule has 0 saturated heterocycles. The van der Waals surface area contributed by atoms with E-state index in [2.05, 4.69) is 53.7 Å². The fourth-order valence-corrected chi connectivity index (χ4v) is 8.02. The maximum Gasteiger partial charge on any atom is 0.0578 e. The summed E-state index contributed by atoms with van der Waals surface area (Å²) in [5, 5.41) is 10.2. The number of aliphatic hydroxyl groups excluding tert-OH is 1. The predicted octanol–water partition coefficient (Wildman–Crippen LogP) is 7.55. The monoisotopic (exact) mass is 398 g/mol. The van der Waals surface area contributed by atoms with Crippen molar-refractivity contribution in [1.82, 2.24) is 0 Å². The Kier molecular flexibility index (Phi) is 5.86. The number of rotatable bonds is 5. The third kappa shape index (κ3) is 3.58. The second kappa shape index (κ2) is 7.85. The minimum absolute atomic E-state index is 0.108. The van der Waals surface area contributed by atoms with Crippen LogP contribution in [-0.4, -0.2) is 11.2 Å². The van der Waals surface area contributed by atoms with Gasteiger partial charge in [-0.2, -0.15) is 0 Å². The summed E-state index contributed by atoms with van der Waals surface area (Å²) in [7, 11) is 0. The molecule has 164 valence electrons. The van der Waals surface area contributed by atoms with Gasteiger partial charge in [-0.25, -0.2) is 0 Å². The average molecular weight is 399 g/mol. The maximum absolute atomic E-state index is 10.2. The van der Waals surface area contributed by atoms with Gasteiger partial charge >= 0.3 is 0 Å². The number of hydrogen-bond acceptors (Lipinski definition) is 1. The highest BCUT2D eigenvalue weighted by molar-refractivity contribution is 5.38. The van der Waals surface area contributed by atoms with Gasteiger partial charge in [0.2, 0.25) is 0 Å². The van der Waals surface area contributed by atoms with Crippen LogP contribution in [0.1, 0.15) is 99.3 Å². The average Bonchev–Trinajstić information content (AvgIpc) is 3.03. The van der Waals surface area contributed by atoms with Crippen LogP contribution in [-0.2, 0) is 0 Å². The Hall–Kier alpha value is -0.560. The first kappa shape index (κ1) is 21.7.